The van der Waals surface area contributed by atoms with Gasteiger partial charge in [-0.15, -0.1) is 0 Å². The van der Waals surface area contributed by atoms with Gasteiger partial charge in [0.25, 0.3) is 0 Å². The average Bonchev–Trinajstić information content (AvgIpc) is 3.21. The van der Waals surface area contributed by atoms with Crippen molar-refractivity contribution in [3.05, 3.63) is 30.2 Å². The SMILES string of the molecule is CN(C)C(=O)C1(Nc2ccnn2C)CCN(Cc2cn[nH]c2)CC1. The van der Waals surface area contributed by atoms with Crippen LogP contribution in [-0.4, -0.2) is 68.4 Å². The Morgan fingerprint density at radius 3 is 2.71 bits per heavy atom. The number of nitrogens with one attached hydrogen (secondary N) is 2. The number of aromatic nitrogens is 4. The fraction of sp³-hybridized carbons (Fsp3) is 0.562. The number of hydrogen-bond acceptors (Lipinski definition) is 5. The largest absolute Gasteiger partial charge is 0.356 e. The molecule has 0 aromatic carbocycles. The van der Waals surface area contributed by atoms with E-state index in [2.05, 4.69) is 25.5 Å². The lowest BCUT2D eigenvalue weighted by atomic mass is 9.85. The van der Waals surface area contributed by atoms with Gasteiger partial charge in [-0.05, 0) is 12.8 Å². The van der Waals surface area contributed by atoms with Crippen LogP contribution >= 0.6 is 0 Å². The first-order valence-electron chi connectivity index (χ1n) is 8.18. The number of likely N-dealkylation sites (tertiary alicyclic amines) is 1. The number of H-pyrrole nitrogens is 1. The number of likely N-dealkylation sites (N-methyl/N-ethyl adjacent to an activating group) is 1. The number of amides is 1. The van der Waals surface area contributed by atoms with E-state index >= 15 is 0 Å². The van der Waals surface area contributed by atoms with Crippen molar-refractivity contribution in [3.8, 4) is 0 Å². The normalized spacial score (nSPS) is 17.6. The Morgan fingerprint density at radius 1 is 1.42 bits per heavy atom. The van der Waals surface area contributed by atoms with Gasteiger partial charge < -0.3 is 10.2 Å². The third kappa shape index (κ3) is 3.28. The molecule has 0 spiro atoms. The molecule has 0 saturated carbocycles. The fourth-order valence-corrected chi connectivity index (χ4v) is 3.28. The zero-order valence-electron chi connectivity index (χ0n) is 14.5. The van der Waals surface area contributed by atoms with Crippen LogP contribution in [0, 0.1) is 0 Å². The molecule has 1 aliphatic rings. The highest BCUT2D eigenvalue weighted by atomic mass is 16.2. The quantitative estimate of drug-likeness (QED) is 0.842. The summed E-state index contributed by atoms with van der Waals surface area (Å²) < 4.78 is 1.77. The highest BCUT2D eigenvalue weighted by Gasteiger charge is 2.42. The summed E-state index contributed by atoms with van der Waals surface area (Å²) in [4.78, 5) is 16.9. The Labute approximate surface area is 141 Å². The number of anilines is 1. The first-order valence-corrected chi connectivity index (χ1v) is 8.18. The second-order valence-electron chi connectivity index (χ2n) is 6.63. The van der Waals surface area contributed by atoms with Crippen molar-refractivity contribution in [1.29, 1.82) is 0 Å². The molecule has 1 aliphatic heterocycles. The lowest BCUT2D eigenvalue weighted by Gasteiger charge is -2.42. The Morgan fingerprint density at radius 2 is 2.17 bits per heavy atom. The van der Waals surface area contributed by atoms with Crippen molar-refractivity contribution < 1.29 is 4.79 Å². The van der Waals surface area contributed by atoms with E-state index in [4.69, 9.17) is 0 Å². The molecule has 0 radical (unpaired) electrons. The van der Waals surface area contributed by atoms with Crippen LogP contribution in [0.3, 0.4) is 0 Å². The van der Waals surface area contributed by atoms with Crippen LogP contribution in [0.5, 0.6) is 0 Å². The van der Waals surface area contributed by atoms with Gasteiger partial charge in [0.15, 0.2) is 0 Å². The maximum absolute atomic E-state index is 12.9. The van der Waals surface area contributed by atoms with Crippen LogP contribution in [-0.2, 0) is 18.4 Å². The van der Waals surface area contributed by atoms with Gasteiger partial charge in [0.1, 0.15) is 11.4 Å². The van der Waals surface area contributed by atoms with Crippen LogP contribution in [0.2, 0.25) is 0 Å². The minimum Gasteiger partial charge on any atom is -0.356 e. The second-order valence-corrected chi connectivity index (χ2v) is 6.63. The predicted octanol–water partition coefficient (Wildman–Crippen LogP) is 0.678. The summed E-state index contributed by atoms with van der Waals surface area (Å²) in [5.41, 5.74) is 0.588. The summed E-state index contributed by atoms with van der Waals surface area (Å²) in [6.45, 7) is 2.57. The molecule has 0 atom stereocenters. The van der Waals surface area contributed by atoms with Gasteiger partial charge in [-0.2, -0.15) is 10.2 Å². The lowest BCUT2D eigenvalue weighted by molar-refractivity contribution is -0.135. The number of rotatable bonds is 5. The fourth-order valence-electron chi connectivity index (χ4n) is 3.28. The van der Waals surface area contributed by atoms with Crippen LogP contribution in [0.4, 0.5) is 5.82 Å². The summed E-state index contributed by atoms with van der Waals surface area (Å²) in [5, 5.41) is 14.5. The van der Waals surface area contributed by atoms with E-state index in [1.165, 1.54) is 5.56 Å². The number of piperidine rings is 1. The molecule has 8 nitrogen and oxygen atoms in total. The molecule has 0 unspecified atom stereocenters. The maximum Gasteiger partial charge on any atom is 0.247 e. The smallest absolute Gasteiger partial charge is 0.247 e. The molecule has 8 heteroatoms. The molecular weight excluding hydrogens is 306 g/mol. The molecule has 24 heavy (non-hydrogen) atoms. The monoisotopic (exact) mass is 331 g/mol. The molecular formula is C16H25N7O. The minimum atomic E-state index is -0.579. The van der Waals surface area contributed by atoms with Gasteiger partial charge in [-0.1, -0.05) is 0 Å². The summed E-state index contributed by atoms with van der Waals surface area (Å²) in [6.07, 6.45) is 7.02. The molecule has 1 amide bonds. The third-order valence-electron chi connectivity index (χ3n) is 4.67. The van der Waals surface area contributed by atoms with Crippen molar-refractivity contribution in [1.82, 2.24) is 29.8 Å². The molecule has 1 fully saturated rings. The first kappa shape index (κ1) is 16.5. The van der Waals surface area contributed by atoms with Gasteiger partial charge in [-0.3, -0.25) is 19.5 Å². The van der Waals surface area contributed by atoms with Gasteiger partial charge in [0, 0.05) is 58.6 Å². The van der Waals surface area contributed by atoms with Crippen LogP contribution in [0.1, 0.15) is 18.4 Å². The van der Waals surface area contributed by atoms with E-state index in [9.17, 15) is 4.79 Å². The van der Waals surface area contributed by atoms with Gasteiger partial charge in [0.05, 0.1) is 12.4 Å². The van der Waals surface area contributed by atoms with Crippen molar-refractivity contribution in [2.75, 3.05) is 32.5 Å². The Balaban J connectivity index is 1.73. The maximum atomic E-state index is 12.9. The number of carbonyl (C=O) groups is 1. The minimum absolute atomic E-state index is 0.117. The van der Waals surface area contributed by atoms with Crippen LogP contribution in [0.15, 0.2) is 24.7 Å². The lowest BCUT2D eigenvalue weighted by Crippen LogP contribution is -2.58. The van der Waals surface area contributed by atoms with E-state index in [-0.39, 0.29) is 5.91 Å². The van der Waals surface area contributed by atoms with Crippen molar-refractivity contribution >= 4 is 11.7 Å². The first-order chi connectivity index (χ1) is 11.5. The van der Waals surface area contributed by atoms with E-state index in [1.54, 1.807) is 15.8 Å². The Hall–Kier alpha value is -2.35. The summed E-state index contributed by atoms with van der Waals surface area (Å²) in [6, 6.07) is 1.91. The zero-order valence-corrected chi connectivity index (χ0v) is 14.5. The van der Waals surface area contributed by atoms with Crippen molar-refractivity contribution in [2.24, 2.45) is 7.05 Å². The van der Waals surface area contributed by atoms with Crippen molar-refractivity contribution in [3.63, 3.8) is 0 Å². The van der Waals surface area contributed by atoms with Gasteiger partial charge >= 0.3 is 0 Å². The number of carbonyl (C=O) groups excluding carboxylic acids is 1. The molecule has 3 rings (SSSR count). The average molecular weight is 331 g/mol. The third-order valence-corrected chi connectivity index (χ3v) is 4.67. The van der Waals surface area contributed by atoms with E-state index in [0.717, 1.165) is 38.3 Å². The second kappa shape index (κ2) is 6.64. The molecule has 1 saturated heterocycles. The highest BCUT2D eigenvalue weighted by Crippen LogP contribution is 2.29. The highest BCUT2D eigenvalue weighted by molar-refractivity contribution is 5.89. The van der Waals surface area contributed by atoms with Crippen LogP contribution in [0.25, 0.3) is 0 Å². The summed E-state index contributed by atoms with van der Waals surface area (Å²) in [5.74, 6) is 0.986. The predicted molar refractivity (Wildman–Crippen MR) is 91.4 cm³/mol. The number of aromatic amines is 1. The number of hydrogen-bond donors (Lipinski definition) is 2. The molecule has 0 aliphatic carbocycles. The van der Waals surface area contributed by atoms with Gasteiger partial charge in [-0.25, -0.2) is 0 Å². The molecule has 0 bridgehead atoms. The zero-order chi connectivity index (χ0) is 17.2. The molecule has 3 heterocycles. The van der Waals surface area contributed by atoms with E-state index in [0.29, 0.717) is 0 Å². The van der Waals surface area contributed by atoms with E-state index in [1.807, 2.05) is 39.6 Å². The molecule has 130 valence electrons. The molecule has 2 aromatic heterocycles. The van der Waals surface area contributed by atoms with Gasteiger partial charge in [0.2, 0.25) is 5.91 Å². The summed E-state index contributed by atoms with van der Waals surface area (Å²) in [7, 11) is 5.50. The van der Waals surface area contributed by atoms with Crippen molar-refractivity contribution in [2.45, 2.75) is 24.9 Å². The van der Waals surface area contributed by atoms with Crippen LogP contribution < -0.4 is 5.32 Å². The topological polar surface area (TPSA) is 82.1 Å². The Kier molecular flexibility index (Phi) is 4.57. The molecule has 2 aromatic rings. The summed E-state index contributed by atoms with van der Waals surface area (Å²) >= 11 is 0. The number of nitrogens with zero attached hydrogens (tertiary/aromatic N) is 5. The van der Waals surface area contributed by atoms with E-state index < -0.39 is 5.54 Å². The molecule has 2 N–H and O–H groups in total. The standard InChI is InChI=1S/C16H25N7O/c1-21(2)15(24)16(20-14-4-7-19-22(14)3)5-8-23(9-6-16)12-13-10-17-18-11-13/h4,7,10-11,20H,5-6,8-9,12H2,1-3H3,(H,17,18). The Bertz CT molecular complexity index is 668. The number of aryl methyl sites for hydroxylation is 1.